The van der Waals surface area contributed by atoms with E-state index in [1.165, 1.54) is 0 Å². The van der Waals surface area contributed by atoms with Gasteiger partial charge in [0, 0.05) is 0 Å². The lowest BCUT2D eigenvalue weighted by molar-refractivity contribution is -0.118. The Bertz CT molecular complexity index is 637. The molecule has 1 saturated carbocycles. The molecule has 0 aromatic heterocycles. The summed E-state index contributed by atoms with van der Waals surface area (Å²) in [4.78, 5) is 24.5. The van der Waals surface area contributed by atoms with Gasteiger partial charge < -0.3 is 19.3 Å². The third-order valence-electron chi connectivity index (χ3n) is 6.07. The van der Waals surface area contributed by atoms with Crippen molar-refractivity contribution in [3.05, 3.63) is 35.9 Å². The lowest BCUT2D eigenvalue weighted by atomic mass is 9.71. The van der Waals surface area contributed by atoms with E-state index in [0.29, 0.717) is 0 Å². The van der Waals surface area contributed by atoms with E-state index in [1.807, 2.05) is 30.3 Å². The van der Waals surface area contributed by atoms with Gasteiger partial charge in [-0.25, -0.2) is 4.79 Å². The number of nitrogens with one attached hydrogen (secondary N) is 1. The number of ether oxygens (including phenoxy) is 1. The van der Waals surface area contributed by atoms with Crippen LogP contribution in [0.25, 0.3) is 0 Å². The SMILES string of the molecule is CC(C)(C)[Si](C)(C)OCC(C=O)(NC(=O)OCc1ccccc1)C1CCC1. The molecule has 0 radical (unpaired) electrons. The molecular weight excluding hydrogens is 358 g/mol. The minimum absolute atomic E-state index is 0.0368. The van der Waals surface area contributed by atoms with E-state index in [2.05, 4.69) is 39.2 Å². The molecule has 1 aliphatic rings. The van der Waals surface area contributed by atoms with Crippen molar-refractivity contribution < 1.29 is 18.8 Å². The van der Waals surface area contributed by atoms with E-state index >= 15 is 0 Å². The van der Waals surface area contributed by atoms with E-state index in [-0.39, 0.29) is 24.2 Å². The van der Waals surface area contributed by atoms with Crippen molar-refractivity contribution in [3.8, 4) is 0 Å². The van der Waals surface area contributed by atoms with Crippen molar-refractivity contribution in [3.63, 3.8) is 0 Å². The molecule has 1 fully saturated rings. The van der Waals surface area contributed by atoms with Gasteiger partial charge in [-0.2, -0.15) is 0 Å². The number of carbonyl (C=O) groups excluding carboxylic acids is 2. The van der Waals surface area contributed by atoms with Crippen molar-refractivity contribution in [1.29, 1.82) is 0 Å². The molecule has 1 aliphatic carbocycles. The molecule has 1 N–H and O–H groups in total. The van der Waals surface area contributed by atoms with Crippen LogP contribution in [0, 0.1) is 5.92 Å². The van der Waals surface area contributed by atoms with Crippen molar-refractivity contribution in [2.45, 2.75) is 70.3 Å². The zero-order valence-corrected chi connectivity index (χ0v) is 18.2. The van der Waals surface area contributed by atoms with Crippen molar-refractivity contribution in [2.24, 2.45) is 5.92 Å². The number of rotatable bonds is 8. The van der Waals surface area contributed by atoms with Crippen LogP contribution in [0.15, 0.2) is 30.3 Å². The second-order valence-electron chi connectivity index (χ2n) is 9.02. The maximum absolute atomic E-state index is 12.4. The van der Waals surface area contributed by atoms with Gasteiger partial charge in [-0.15, -0.1) is 0 Å². The van der Waals surface area contributed by atoms with Gasteiger partial charge in [0.1, 0.15) is 18.4 Å². The lowest BCUT2D eigenvalue weighted by Gasteiger charge is -2.45. The topological polar surface area (TPSA) is 64.6 Å². The van der Waals surface area contributed by atoms with Gasteiger partial charge in [-0.1, -0.05) is 57.5 Å². The van der Waals surface area contributed by atoms with Crippen molar-refractivity contribution in [1.82, 2.24) is 5.32 Å². The molecule has 1 unspecified atom stereocenters. The first-order valence-electron chi connectivity index (χ1n) is 9.69. The number of benzene rings is 1. The van der Waals surface area contributed by atoms with E-state index in [1.54, 1.807) is 0 Å². The summed E-state index contributed by atoms with van der Waals surface area (Å²) in [5.74, 6) is 0.101. The van der Waals surface area contributed by atoms with Crippen LogP contribution in [-0.4, -0.2) is 32.8 Å². The Morgan fingerprint density at radius 3 is 2.33 bits per heavy atom. The molecule has 6 heteroatoms. The van der Waals surface area contributed by atoms with Crippen molar-refractivity contribution >= 4 is 20.7 Å². The normalized spacial score (nSPS) is 17.5. The molecule has 0 spiro atoms. The number of hydrogen-bond acceptors (Lipinski definition) is 4. The predicted molar refractivity (Wildman–Crippen MR) is 109 cm³/mol. The molecule has 1 atom stereocenters. The van der Waals surface area contributed by atoms with Gasteiger partial charge in [0.2, 0.25) is 0 Å². The van der Waals surface area contributed by atoms with Crippen LogP contribution < -0.4 is 5.32 Å². The van der Waals surface area contributed by atoms with Crippen LogP contribution in [0.5, 0.6) is 0 Å². The molecule has 0 saturated heterocycles. The average Bonchev–Trinajstić information content (AvgIpc) is 2.56. The molecular formula is C21H33NO4Si. The second kappa shape index (κ2) is 8.57. The number of hydrogen-bond donors (Lipinski definition) is 1. The number of amides is 1. The van der Waals surface area contributed by atoms with E-state index in [9.17, 15) is 9.59 Å². The van der Waals surface area contributed by atoms with Gasteiger partial charge in [-0.3, -0.25) is 0 Å². The highest BCUT2D eigenvalue weighted by molar-refractivity contribution is 6.74. The van der Waals surface area contributed by atoms with Gasteiger partial charge in [0.25, 0.3) is 0 Å². The Morgan fingerprint density at radius 1 is 1.22 bits per heavy atom. The summed E-state index contributed by atoms with van der Waals surface area (Å²) in [5.41, 5.74) is -0.104. The summed E-state index contributed by atoms with van der Waals surface area (Å²) >= 11 is 0. The van der Waals surface area contributed by atoms with Crippen LogP contribution in [0.4, 0.5) is 4.79 Å². The third-order valence-corrected chi connectivity index (χ3v) is 10.5. The molecule has 1 aromatic carbocycles. The first-order chi connectivity index (χ1) is 12.6. The molecule has 1 amide bonds. The highest BCUT2D eigenvalue weighted by Gasteiger charge is 2.47. The van der Waals surface area contributed by atoms with Gasteiger partial charge in [0.05, 0.1) is 6.61 Å². The summed E-state index contributed by atoms with van der Waals surface area (Å²) in [6.07, 6.45) is 3.18. The van der Waals surface area contributed by atoms with Crippen LogP contribution in [0.1, 0.15) is 45.6 Å². The van der Waals surface area contributed by atoms with E-state index in [0.717, 1.165) is 31.1 Å². The first-order valence-corrected chi connectivity index (χ1v) is 12.6. The quantitative estimate of drug-likeness (QED) is 0.516. The van der Waals surface area contributed by atoms with Crippen LogP contribution in [0.2, 0.25) is 18.1 Å². The van der Waals surface area contributed by atoms with Gasteiger partial charge in [-0.05, 0) is 42.5 Å². The predicted octanol–water partition coefficient (Wildman–Crippen LogP) is 4.67. The molecule has 27 heavy (non-hydrogen) atoms. The summed E-state index contributed by atoms with van der Waals surface area (Å²) < 4.78 is 11.7. The Hall–Kier alpha value is -1.66. The Morgan fingerprint density at radius 2 is 1.85 bits per heavy atom. The Kier molecular flexibility index (Phi) is 6.86. The van der Waals surface area contributed by atoms with Gasteiger partial charge >= 0.3 is 6.09 Å². The smallest absolute Gasteiger partial charge is 0.408 e. The highest BCUT2D eigenvalue weighted by Crippen LogP contribution is 2.40. The number of aldehydes is 1. The van der Waals surface area contributed by atoms with Crippen LogP contribution in [-0.2, 0) is 20.6 Å². The zero-order valence-electron chi connectivity index (χ0n) is 17.2. The molecule has 150 valence electrons. The summed E-state index contributed by atoms with van der Waals surface area (Å²) in [6, 6.07) is 9.50. The summed E-state index contributed by atoms with van der Waals surface area (Å²) in [6.45, 7) is 11.2. The first kappa shape index (κ1) is 21.6. The largest absolute Gasteiger partial charge is 0.445 e. The monoisotopic (exact) mass is 391 g/mol. The summed E-state index contributed by atoms with van der Waals surface area (Å²) in [5, 5.41) is 2.88. The number of carbonyl (C=O) groups is 2. The van der Waals surface area contributed by atoms with Gasteiger partial charge in [0.15, 0.2) is 8.32 Å². The molecule has 0 heterocycles. The fourth-order valence-corrected chi connectivity index (χ4v) is 3.84. The van der Waals surface area contributed by atoms with E-state index < -0.39 is 19.9 Å². The fourth-order valence-electron chi connectivity index (χ4n) is 2.80. The second-order valence-corrected chi connectivity index (χ2v) is 13.8. The molecule has 0 aliphatic heterocycles. The lowest BCUT2D eigenvalue weighted by Crippen LogP contribution is -2.62. The van der Waals surface area contributed by atoms with E-state index in [4.69, 9.17) is 9.16 Å². The molecule has 0 bridgehead atoms. The zero-order chi connectivity index (χ0) is 20.1. The molecule has 5 nitrogen and oxygen atoms in total. The maximum atomic E-state index is 12.4. The third kappa shape index (κ3) is 5.42. The minimum atomic E-state index is -2.04. The number of alkyl carbamates (subject to hydrolysis) is 1. The van der Waals surface area contributed by atoms with Crippen molar-refractivity contribution in [2.75, 3.05) is 6.61 Å². The van der Waals surface area contributed by atoms with Crippen LogP contribution >= 0.6 is 0 Å². The molecule has 1 aromatic rings. The summed E-state index contributed by atoms with van der Waals surface area (Å²) in [7, 11) is -2.04. The minimum Gasteiger partial charge on any atom is -0.445 e. The average molecular weight is 392 g/mol. The van der Waals surface area contributed by atoms with Crippen LogP contribution in [0.3, 0.4) is 0 Å². The Balaban J connectivity index is 2.04. The highest BCUT2D eigenvalue weighted by atomic mass is 28.4. The fraction of sp³-hybridized carbons (Fsp3) is 0.619. The standard InChI is InChI=1S/C21H33NO4Si/c1-20(2,3)27(4,5)26-16-21(15-23,18-12-9-13-18)22-19(24)25-14-17-10-7-6-8-11-17/h6-8,10-11,15,18H,9,12-14,16H2,1-5H3,(H,22,24). The molecule has 2 rings (SSSR count). The maximum Gasteiger partial charge on any atom is 0.408 e. The Labute approximate surface area is 164 Å².